The standard InChI is InChI=1S/C23H32N4O2/c1-15(2)29-23-18(22(28-3)25-21(26-23)17-11-12-17)14-27-13-7-10-19(24)20(27)16-8-5-4-6-9-16/h4-6,8-9,15,17,19-20H,7,10-14,24H2,1-3H3. The second kappa shape index (κ2) is 8.67. The SMILES string of the molecule is COc1nc(C2CC2)nc(OC(C)C)c1CN1CCCC(N)C1c1ccccc1. The van der Waals surface area contributed by atoms with Crippen LogP contribution in [0, 0.1) is 0 Å². The number of hydrogen-bond donors (Lipinski definition) is 1. The van der Waals surface area contributed by atoms with E-state index >= 15 is 0 Å². The molecule has 2 N–H and O–H groups in total. The number of likely N-dealkylation sites (tertiary alicyclic amines) is 1. The molecule has 0 amide bonds. The van der Waals surface area contributed by atoms with Crippen molar-refractivity contribution in [3.05, 3.63) is 47.3 Å². The van der Waals surface area contributed by atoms with E-state index in [9.17, 15) is 0 Å². The van der Waals surface area contributed by atoms with Crippen molar-refractivity contribution in [3.63, 3.8) is 0 Å². The maximum absolute atomic E-state index is 6.58. The van der Waals surface area contributed by atoms with Crippen molar-refractivity contribution >= 4 is 0 Å². The van der Waals surface area contributed by atoms with Crippen LogP contribution in [0.3, 0.4) is 0 Å². The van der Waals surface area contributed by atoms with Gasteiger partial charge in [-0.2, -0.15) is 9.97 Å². The van der Waals surface area contributed by atoms with E-state index in [0.717, 1.165) is 43.6 Å². The first-order chi connectivity index (χ1) is 14.1. The largest absolute Gasteiger partial charge is 0.481 e. The molecule has 156 valence electrons. The van der Waals surface area contributed by atoms with Gasteiger partial charge in [0.2, 0.25) is 11.8 Å². The van der Waals surface area contributed by atoms with Gasteiger partial charge in [0.05, 0.1) is 24.8 Å². The fourth-order valence-electron chi connectivity index (χ4n) is 4.20. The number of aromatic nitrogens is 2. The van der Waals surface area contributed by atoms with Crippen molar-refractivity contribution in [2.45, 2.75) is 70.2 Å². The van der Waals surface area contributed by atoms with E-state index in [1.54, 1.807) is 7.11 Å². The predicted octanol–water partition coefficient (Wildman–Crippen LogP) is 3.81. The number of ether oxygens (including phenoxy) is 2. The lowest BCUT2D eigenvalue weighted by Crippen LogP contribution is -2.45. The third kappa shape index (κ3) is 4.54. The fourth-order valence-corrected chi connectivity index (χ4v) is 4.20. The number of methoxy groups -OCH3 is 1. The molecule has 29 heavy (non-hydrogen) atoms. The molecule has 2 aromatic rings. The van der Waals surface area contributed by atoms with Gasteiger partial charge in [-0.25, -0.2) is 0 Å². The monoisotopic (exact) mass is 396 g/mol. The number of benzene rings is 1. The third-order valence-corrected chi connectivity index (χ3v) is 5.72. The minimum absolute atomic E-state index is 0.0361. The summed E-state index contributed by atoms with van der Waals surface area (Å²) >= 11 is 0. The highest BCUT2D eigenvalue weighted by atomic mass is 16.5. The molecule has 2 aliphatic rings. The first-order valence-corrected chi connectivity index (χ1v) is 10.7. The van der Waals surface area contributed by atoms with Gasteiger partial charge in [-0.1, -0.05) is 30.3 Å². The van der Waals surface area contributed by atoms with Gasteiger partial charge in [0.25, 0.3) is 0 Å². The van der Waals surface area contributed by atoms with Crippen LogP contribution >= 0.6 is 0 Å². The van der Waals surface area contributed by atoms with E-state index < -0.39 is 0 Å². The zero-order valence-corrected chi connectivity index (χ0v) is 17.7. The predicted molar refractivity (Wildman–Crippen MR) is 113 cm³/mol. The molecular weight excluding hydrogens is 364 g/mol. The summed E-state index contributed by atoms with van der Waals surface area (Å²) in [4.78, 5) is 12.0. The van der Waals surface area contributed by atoms with E-state index in [0.29, 0.717) is 24.2 Å². The molecule has 2 fully saturated rings. The van der Waals surface area contributed by atoms with Crippen LogP contribution in [0.2, 0.25) is 0 Å². The Balaban J connectivity index is 1.69. The van der Waals surface area contributed by atoms with Crippen molar-refractivity contribution < 1.29 is 9.47 Å². The van der Waals surface area contributed by atoms with E-state index in [4.69, 9.17) is 25.2 Å². The quantitative estimate of drug-likeness (QED) is 0.767. The summed E-state index contributed by atoms with van der Waals surface area (Å²) in [6.45, 7) is 5.68. The Bertz CT molecular complexity index is 823. The van der Waals surface area contributed by atoms with Crippen LogP contribution in [0.25, 0.3) is 0 Å². The maximum Gasteiger partial charge on any atom is 0.225 e. The summed E-state index contributed by atoms with van der Waals surface area (Å²) in [7, 11) is 1.68. The molecule has 2 heterocycles. The molecule has 1 aromatic carbocycles. The van der Waals surface area contributed by atoms with Gasteiger partial charge in [0.15, 0.2) is 0 Å². The zero-order chi connectivity index (χ0) is 20.4. The minimum Gasteiger partial charge on any atom is -0.481 e. The van der Waals surface area contributed by atoms with Crippen LogP contribution in [0.1, 0.15) is 68.4 Å². The first kappa shape index (κ1) is 20.1. The smallest absolute Gasteiger partial charge is 0.225 e. The normalized spacial score (nSPS) is 22.7. The van der Waals surface area contributed by atoms with Crippen LogP contribution in [0.5, 0.6) is 11.8 Å². The average molecular weight is 397 g/mol. The molecule has 0 bridgehead atoms. The molecule has 1 saturated carbocycles. The first-order valence-electron chi connectivity index (χ1n) is 10.7. The average Bonchev–Trinajstić information content (AvgIpc) is 3.55. The topological polar surface area (TPSA) is 73.5 Å². The lowest BCUT2D eigenvalue weighted by molar-refractivity contribution is 0.115. The van der Waals surface area contributed by atoms with Crippen molar-refractivity contribution in [3.8, 4) is 11.8 Å². The second-order valence-electron chi connectivity index (χ2n) is 8.45. The van der Waals surface area contributed by atoms with Gasteiger partial charge < -0.3 is 15.2 Å². The van der Waals surface area contributed by atoms with Gasteiger partial charge in [-0.3, -0.25) is 4.90 Å². The molecule has 6 heteroatoms. The van der Waals surface area contributed by atoms with Gasteiger partial charge in [-0.15, -0.1) is 0 Å². The number of hydrogen-bond acceptors (Lipinski definition) is 6. The Labute approximate surface area is 173 Å². The number of rotatable bonds is 7. The number of nitrogens with two attached hydrogens (primary N) is 1. The van der Waals surface area contributed by atoms with Gasteiger partial charge in [0, 0.05) is 18.5 Å². The Kier molecular flexibility index (Phi) is 6.01. The fraction of sp³-hybridized carbons (Fsp3) is 0.565. The molecule has 1 aromatic heterocycles. The van der Waals surface area contributed by atoms with Crippen molar-refractivity contribution in [2.75, 3.05) is 13.7 Å². The summed E-state index contributed by atoms with van der Waals surface area (Å²) in [6.07, 6.45) is 4.42. The van der Waals surface area contributed by atoms with Crippen molar-refractivity contribution in [1.82, 2.24) is 14.9 Å². The molecule has 0 radical (unpaired) electrons. The Hall–Kier alpha value is -2.18. The highest BCUT2D eigenvalue weighted by molar-refractivity contribution is 5.37. The molecule has 1 aliphatic carbocycles. The lowest BCUT2D eigenvalue weighted by Gasteiger charge is -2.40. The Morgan fingerprint density at radius 3 is 2.48 bits per heavy atom. The Morgan fingerprint density at radius 1 is 1.10 bits per heavy atom. The van der Waals surface area contributed by atoms with Gasteiger partial charge in [-0.05, 0) is 51.6 Å². The number of nitrogens with zero attached hydrogens (tertiary/aromatic N) is 3. The maximum atomic E-state index is 6.58. The van der Waals surface area contributed by atoms with E-state index in [2.05, 4.69) is 29.2 Å². The summed E-state index contributed by atoms with van der Waals surface area (Å²) in [5.41, 5.74) is 8.75. The van der Waals surface area contributed by atoms with E-state index in [1.807, 2.05) is 19.9 Å². The summed E-state index contributed by atoms with van der Waals surface area (Å²) < 4.78 is 11.8. The molecule has 1 aliphatic heterocycles. The molecule has 6 nitrogen and oxygen atoms in total. The number of piperidine rings is 1. The molecule has 1 saturated heterocycles. The second-order valence-corrected chi connectivity index (χ2v) is 8.45. The molecule has 2 unspecified atom stereocenters. The zero-order valence-electron chi connectivity index (χ0n) is 17.7. The summed E-state index contributed by atoms with van der Waals surface area (Å²) in [5, 5.41) is 0. The molecule has 4 rings (SSSR count). The summed E-state index contributed by atoms with van der Waals surface area (Å²) in [6, 6.07) is 10.8. The van der Waals surface area contributed by atoms with Gasteiger partial charge >= 0.3 is 0 Å². The summed E-state index contributed by atoms with van der Waals surface area (Å²) in [5.74, 6) is 2.56. The van der Waals surface area contributed by atoms with Crippen molar-refractivity contribution in [1.29, 1.82) is 0 Å². The van der Waals surface area contributed by atoms with Gasteiger partial charge in [0.1, 0.15) is 5.82 Å². The van der Waals surface area contributed by atoms with Crippen LogP contribution in [-0.2, 0) is 6.54 Å². The van der Waals surface area contributed by atoms with E-state index in [-0.39, 0.29) is 18.2 Å². The molecular formula is C23H32N4O2. The third-order valence-electron chi connectivity index (χ3n) is 5.72. The lowest BCUT2D eigenvalue weighted by atomic mass is 9.90. The van der Waals surface area contributed by atoms with E-state index in [1.165, 1.54) is 5.56 Å². The van der Waals surface area contributed by atoms with Crippen LogP contribution in [0.15, 0.2) is 30.3 Å². The molecule has 2 atom stereocenters. The van der Waals surface area contributed by atoms with Crippen LogP contribution in [0.4, 0.5) is 0 Å². The Morgan fingerprint density at radius 2 is 1.83 bits per heavy atom. The van der Waals surface area contributed by atoms with Crippen molar-refractivity contribution in [2.24, 2.45) is 5.73 Å². The van der Waals surface area contributed by atoms with Crippen LogP contribution < -0.4 is 15.2 Å². The highest BCUT2D eigenvalue weighted by Crippen LogP contribution is 2.41. The highest BCUT2D eigenvalue weighted by Gasteiger charge is 2.34. The minimum atomic E-state index is 0.0361. The van der Waals surface area contributed by atoms with Crippen LogP contribution in [-0.4, -0.2) is 40.7 Å². The molecule has 0 spiro atoms.